The quantitative estimate of drug-likeness (QED) is 0.768. The highest BCUT2D eigenvalue weighted by Crippen LogP contribution is 2.27. The zero-order valence-corrected chi connectivity index (χ0v) is 15.1. The number of rotatable bonds is 4. The van der Waals surface area contributed by atoms with Gasteiger partial charge in [0.15, 0.2) is 0 Å². The summed E-state index contributed by atoms with van der Waals surface area (Å²) in [4.78, 5) is 13.7. The number of aromatic nitrogens is 2. The van der Waals surface area contributed by atoms with E-state index in [4.69, 9.17) is 5.10 Å². The van der Waals surface area contributed by atoms with E-state index in [2.05, 4.69) is 18.3 Å². The van der Waals surface area contributed by atoms with Crippen LogP contribution in [0.25, 0.3) is 16.3 Å². The van der Waals surface area contributed by atoms with Crippen LogP contribution in [0.3, 0.4) is 0 Å². The monoisotopic (exact) mass is 339 g/mol. The van der Waals surface area contributed by atoms with Gasteiger partial charge in [0.05, 0.1) is 10.6 Å². The van der Waals surface area contributed by atoms with Crippen molar-refractivity contribution in [1.29, 1.82) is 0 Å². The van der Waals surface area contributed by atoms with E-state index in [1.54, 1.807) is 16.0 Å². The molecule has 124 valence electrons. The van der Waals surface area contributed by atoms with Gasteiger partial charge in [0.1, 0.15) is 11.4 Å². The predicted molar refractivity (Wildman–Crippen MR) is 99.0 cm³/mol. The van der Waals surface area contributed by atoms with Crippen LogP contribution in [0.15, 0.2) is 41.8 Å². The number of hydrogen-bond donors (Lipinski definition) is 1. The number of amides is 1. The van der Waals surface area contributed by atoms with E-state index in [0.29, 0.717) is 5.69 Å². The lowest BCUT2D eigenvalue weighted by Gasteiger charge is -2.12. The Morgan fingerprint density at radius 2 is 2.00 bits per heavy atom. The molecule has 3 aromatic rings. The van der Waals surface area contributed by atoms with E-state index in [-0.39, 0.29) is 11.9 Å². The Balaban J connectivity index is 2.13. The molecule has 0 aliphatic rings. The van der Waals surface area contributed by atoms with Crippen LogP contribution < -0.4 is 5.32 Å². The first kappa shape index (κ1) is 16.5. The van der Waals surface area contributed by atoms with Gasteiger partial charge in [0.25, 0.3) is 5.91 Å². The Morgan fingerprint density at radius 3 is 2.62 bits per heavy atom. The minimum Gasteiger partial charge on any atom is -0.349 e. The van der Waals surface area contributed by atoms with Crippen LogP contribution in [-0.4, -0.2) is 21.7 Å². The van der Waals surface area contributed by atoms with Gasteiger partial charge in [-0.1, -0.05) is 23.8 Å². The Hall–Kier alpha value is -2.40. The molecule has 0 aliphatic heterocycles. The molecule has 0 radical (unpaired) electrons. The number of nitrogens with zero attached hydrogens (tertiary/aromatic N) is 2. The van der Waals surface area contributed by atoms with Crippen LogP contribution in [0.2, 0.25) is 0 Å². The highest BCUT2D eigenvalue weighted by atomic mass is 32.1. The van der Waals surface area contributed by atoms with Gasteiger partial charge in [-0.05, 0) is 56.8 Å². The van der Waals surface area contributed by atoms with E-state index in [1.807, 2.05) is 56.5 Å². The van der Waals surface area contributed by atoms with Crippen LogP contribution in [0.5, 0.6) is 0 Å². The van der Waals surface area contributed by atoms with Crippen molar-refractivity contribution in [3.8, 4) is 16.3 Å². The van der Waals surface area contributed by atoms with Gasteiger partial charge in [-0.3, -0.25) is 4.79 Å². The maximum absolute atomic E-state index is 12.6. The Bertz CT molecular complexity index is 863. The van der Waals surface area contributed by atoms with E-state index < -0.39 is 0 Å². The molecule has 0 fully saturated rings. The molecule has 1 aromatic carbocycles. The van der Waals surface area contributed by atoms with Gasteiger partial charge in [0, 0.05) is 6.04 Å². The van der Waals surface area contributed by atoms with Gasteiger partial charge in [-0.15, -0.1) is 11.3 Å². The third-order valence-corrected chi connectivity index (χ3v) is 4.61. The Kier molecular flexibility index (Phi) is 4.53. The molecule has 4 nitrogen and oxygen atoms in total. The second-order valence-electron chi connectivity index (χ2n) is 6.22. The average molecular weight is 339 g/mol. The lowest BCUT2D eigenvalue weighted by atomic mass is 10.1. The van der Waals surface area contributed by atoms with Gasteiger partial charge in [-0.2, -0.15) is 5.10 Å². The highest BCUT2D eigenvalue weighted by molar-refractivity contribution is 7.13. The summed E-state index contributed by atoms with van der Waals surface area (Å²) in [6.45, 7) is 8.01. The van der Waals surface area contributed by atoms with E-state index in [1.165, 1.54) is 5.56 Å². The van der Waals surface area contributed by atoms with Gasteiger partial charge < -0.3 is 5.32 Å². The maximum atomic E-state index is 12.6. The lowest BCUT2D eigenvalue weighted by molar-refractivity contribution is 0.0935. The average Bonchev–Trinajstić information content (AvgIpc) is 3.15. The van der Waals surface area contributed by atoms with Crippen molar-refractivity contribution in [2.45, 2.75) is 33.7 Å². The first-order valence-corrected chi connectivity index (χ1v) is 8.86. The van der Waals surface area contributed by atoms with E-state index in [0.717, 1.165) is 21.8 Å². The van der Waals surface area contributed by atoms with Crippen molar-refractivity contribution in [1.82, 2.24) is 15.1 Å². The van der Waals surface area contributed by atoms with Gasteiger partial charge >= 0.3 is 0 Å². The molecule has 0 bridgehead atoms. The number of nitrogens with one attached hydrogen (secondary N) is 1. The molecule has 0 saturated heterocycles. The van der Waals surface area contributed by atoms with E-state index >= 15 is 0 Å². The summed E-state index contributed by atoms with van der Waals surface area (Å²) in [6.07, 6.45) is 0. The normalized spacial score (nSPS) is 11.0. The van der Waals surface area contributed by atoms with E-state index in [9.17, 15) is 4.79 Å². The largest absolute Gasteiger partial charge is 0.349 e. The van der Waals surface area contributed by atoms with Gasteiger partial charge in [-0.25, -0.2) is 4.68 Å². The number of hydrogen-bond acceptors (Lipinski definition) is 3. The van der Waals surface area contributed by atoms with Crippen LogP contribution in [0.4, 0.5) is 0 Å². The molecular weight excluding hydrogens is 318 g/mol. The standard InChI is InChI=1S/C19H21N3OS/c1-12(2)20-19(23)17-11-15(18-6-5-9-24-18)21-22(17)16-8-7-13(3)10-14(16)4/h5-12H,1-4H3,(H,20,23). The summed E-state index contributed by atoms with van der Waals surface area (Å²) < 4.78 is 1.75. The van der Waals surface area contributed by atoms with Crippen LogP contribution in [-0.2, 0) is 0 Å². The van der Waals surface area contributed by atoms with Crippen molar-refractivity contribution in [2.24, 2.45) is 0 Å². The molecule has 0 saturated carbocycles. The number of benzene rings is 1. The molecular formula is C19H21N3OS. The van der Waals surface area contributed by atoms with Crippen molar-refractivity contribution >= 4 is 17.2 Å². The number of carbonyl (C=O) groups is 1. The maximum Gasteiger partial charge on any atom is 0.270 e. The first-order chi connectivity index (χ1) is 11.5. The molecule has 2 heterocycles. The topological polar surface area (TPSA) is 46.9 Å². The second-order valence-corrected chi connectivity index (χ2v) is 7.17. The molecule has 1 amide bonds. The number of thiophene rings is 1. The third-order valence-electron chi connectivity index (χ3n) is 3.72. The van der Waals surface area contributed by atoms with Crippen molar-refractivity contribution in [3.63, 3.8) is 0 Å². The summed E-state index contributed by atoms with van der Waals surface area (Å²) in [5.41, 5.74) is 4.58. The lowest BCUT2D eigenvalue weighted by Crippen LogP contribution is -2.31. The molecule has 0 atom stereocenters. The Morgan fingerprint density at radius 1 is 1.21 bits per heavy atom. The molecule has 24 heavy (non-hydrogen) atoms. The predicted octanol–water partition coefficient (Wildman–Crippen LogP) is 4.36. The van der Waals surface area contributed by atoms with Crippen LogP contribution in [0.1, 0.15) is 35.5 Å². The summed E-state index contributed by atoms with van der Waals surface area (Å²) >= 11 is 1.62. The van der Waals surface area contributed by atoms with Crippen molar-refractivity contribution < 1.29 is 4.79 Å². The molecule has 0 aliphatic carbocycles. The minimum absolute atomic E-state index is 0.0742. The molecule has 3 rings (SSSR count). The zero-order valence-electron chi connectivity index (χ0n) is 14.3. The number of carbonyl (C=O) groups excluding carboxylic acids is 1. The SMILES string of the molecule is Cc1ccc(-n2nc(-c3cccs3)cc2C(=O)NC(C)C)c(C)c1. The summed E-state index contributed by atoms with van der Waals surface area (Å²) in [5.74, 6) is -0.111. The molecule has 0 unspecified atom stereocenters. The van der Waals surface area contributed by atoms with Crippen molar-refractivity contribution in [3.05, 3.63) is 58.6 Å². The second kappa shape index (κ2) is 6.61. The smallest absolute Gasteiger partial charge is 0.270 e. The fourth-order valence-corrected chi connectivity index (χ4v) is 3.33. The molecule has 0 spiro atoms. The van der Waals surface area contributed by atoms with Crippen LogP contribution in [0, 0.1) is 13.8 Å². The van der Waals surface area contributed by atoms with Gasteiger partial charge in [0.2, 0.25) is 0 Å². The fraction of sp³-hybridized carbons (Fsp3) is 0.263. The molecule has 1 N–H and O–H groups in total. The third kappa shape index (κ3) is 3.26. The first-order valence-electron chi connectivity index (χ1n) is 7.98. The molecule has 2 aromatic heterocycles. The zero-order chi connectivity index (χ0) is 17.3. The Labute approximate surface area is 146 Å². The summed E-state index contributed by atoms with van der Waals surface area (Å²) in [5, 5.41) is 9.68. The molecule has 5 heteroatoms. The summed E-state index contributed by atoms with van der Waals surface area (Å²) in [7, 11) is 0. The fourth-order valence-electron chi connectivity index (χ4n) is 2.65. The summed E-state index contributed by atoms with van der Waals surface area (Å²) in [6, 6.07) is 12.1. The highest BCUT2D eigenvalue weighted by Gasteiger charge is 2.19. The van der Waals surface area contributed by atoms with Crippen molar-refractivity contribution in [2.75, 3.05) is 0 Å². The minimum atomic E-state index is -0.111. The number of aryl methyl sites for hydroxylation is 2. The van der Waals surface area contributed by atoms with Crippen LogP contribution >= 0.6 is 11.3 Å².